The molecule has 108 valence electrons. The first-order valence-electron chi connectivity index (χ1n) is 7.38. The van der Waals surface area contributed by atoms with Gasteiger partial charge in [-0.25, -0.2) is 0 Å². The van der Waals surface area contributed by atoms with E-state index in [0.717, 1.165) is 41.8 Å². The van der Waals surface area contributed by atoms with Crippen LogP contribution in [0.25, 0.3) is 0 Å². The van der Waals surface area contributed by atoms with Gasteiger partial charge in [-0.05, 0) is 48.4 Å². The highest BCUT2D eigenvalue weighted by molar-refractivity contribution is 9.09. The lowest BCUT2D eigenvalue weighted by molar-refractivity contribution is 0.0944. The quantitative estimate of drug-likeness (QED) is 0.857. The highest BCUT2D eigenvalue weighted by Gasteiger charge is 2.26. The summed E-state index contributed by atoms with van der Waals surface area (Å²) in [5.74, 6) is 2.30. The van der Waals surface area contributed by atoms with Crippen LogP contribution in [0.4, 0.5) is 0 Å². The van der Waals surface area contributed by atoms with Crippen molar-refractivity contribution in [1.82, 2.24) is 5.32 Å². The van der Waals surface area contributed by atoms with Crippen LogP contribution in [0.3, 0.4) is 0 Å². The van der Waals surface area contributed by atoms with Crippen LogP contribution < -0.4 is 10.1 Å². The summed E-state index contributed by atoms with van der Waals surface area (Å²) in [6, 6.07) is 5.73. The van der Waals surface area contributed by atoms with Crippen molar-refractivity contribution in [3.8, 4) is 5.75 Å². The molecule has 1 aromatic carbocycles. The minimum atomic E-state index is 0.0416. The van der Waals surface area contributed by atoms with Gasteiger partial charge in [-0.2, -0.15) is 0 Å². The van der Waals surface area contributed by atoms with Gasteiger partial charge in [0.05, 0.1) is 6.61 Å². The number of ether oxygens (including phenoxy) is 1. The first-order valence-corrected chi connectivity index (χ1v) is 8.50. The molecule has 3 nitrogen and oxygen atoms in total. The molecule has 2 unspecified atom stereocenters. The van der Waals surface area contributed by atoms with Gasteiger partial charge in [0.15, 0.2) is 0 Å². The van der Waals surface area contributed by atoms with E-state index in [1.54, 1.807) is 0 Å². The van der Waals surface area contributed by atoms with Gasteiger partial charge in [0, 0.05) is 23.9 Å². The molecule has 1 N–H and O–H groups in total. The fourth-order valence-electron chi connectivity index (χ4n) is 3.24. The predicted octanol–water partition coefficient (Wildman–Crippen LogP) is 3.16. The zero-order valence-corrected chi connectivity index (χ0v) is 13.1. The van der Waals surface area contributed by atoms with Gasteiger partial charge in [0.2, 0.25) is 0 Å². The van der Waals surface area contributed by atoms with Crippen LogP contribution in [-0.4, -0.2) is 24.4 Å². The minimum absolute atomic E-state index is 0.0416. The lowest BCUT2D eigenvalue weighted by Crippen LogP contribution is -2.31. The standard InChI is InChI=1S/C16H20BrNO2/c17-9-13-2-1-3-14(13)10-18-16(19)12-4-5-15-11(8-12)6-7-20-15/h4-5,8,13-14H,1-3,6-7,9-10H2,(H,18,19). The van der Waals surface area contributed by atoms with Crippen LogP contribution in [-0.2, 0) is 6.42 Å². The van der Waals surface area contributed by atoms with E-state index in [2.05, 4.69) is 21.2 Å². The molecular formula is C16H20BrNO2. The highest BCUT2D eigenvalue weighted by atomic mass is 79.9. The largest absolute Gasteiger partial charge is 0.493 e. The summed E-state index contributed by atoms with van der Waals surface area (Å²) in [6.07, 6.45) is 4.70. The highest BCUT2D eigenvalue weighted by Crippen LogP contribution is 2.32. The summed E-state index contributed by atoms with van der Waals surface area (Å²) in [4.78, 5) is 12.2. The van der Waals surface area contributed by atoms with Gasteiger partial charge >= 0.3 is 0 Å². The monoisotopic (exact) mass is 337 g/mol. The Morgan fingerprint density at radius 1 is 1.35 bits per heavy atom. The van der Waals surface area contributed by atoms with Crippen molar-refractivity contribution in [2.75, 3.05) is 18.5 Å². The Hall–Kier alpha value is -1.03. The average Bonchev–Trinajstić information content (AvgIpc) is 3.12. The van der Waals surface area contributed by atoms with Crippen molar-refractivity contribution in [3.05, 3.63) is 29.3 Å². The van der Waals surface area contributed by atoms with E-state index in [1.807, 2.05) is 18.2 Å². The number of rotatable bonds is 4. The number of fused-ring (bicyclic) bond motifs is 1. The molecule has 1 fully saturated rings. The maximum atomic E-state index is 12.2. The lowest BCUT2D eigenvalue weighted by atomic mass is 9.98. The maximum Gasteiger partial charge on any atom is 0.251 e. The molecule has 4 heteroatoms. The SMILES string of the molecule is O=C(NCC1CCCC1CBr)c1ccc2c(c1)CCO2. The molecule has 0 saturated heterocycles. The number of carbonyl (C=O) groups excluding carboxylic acids is 1. The van der Waals surface area contributed by atoms with Crippen LogP contribution in [0, 0.1) is 11.8 Å². The van der Waals surface area contributed by atoms with Crippen LogP contribution in [0.15, 0.2) is 18.2 Å². The number of amides is 1. The average molecular weight is 338 g/mol. The third-order valence-corrected chi connectivity index (χ3v) is 5.32. The fraction of sp³-hybridized carbons (Fsp3) is 0.562. The third-order valence-electron chi connectivity index (χ3n) is 4.49. The molecule has 1 heterocycles. The normalized spacial score (nSPS) is 24.2. The number of alkyl halides is 1. The fourth-order valence-corrected chi connectivity index (χ4v) is 4.09. The Balaban J connectivity index is 1.59. The molecule has 1 saturated carbocycles. The molecule has 20 heavy (non-hydrogen) atoms. The van der Waals surface area contributed by atoms with Gasteiger partial charge in [0.25, 0.3) is 5.91 Å². The lowest BCUT2D eigenvalue weighted by Gasteiger charge is -2.17. The van der Waals surface area contributed by atoms with Crippen LogP contribution in [0.1, 0.15) is 35.2 Å². The molecule has 3 rings (SSSR count). The van der Waals surface area contributed by atoms with Crippen molar-refractivity contribution < 1.29 is 9.53 Å². The molecule has 2 aliphatic rings. The molecule has 0 bridgehead atoms. The van der Waals surface area contributed by atoms with Gasteiger partial charge in [-0.3, -0.25) is 4.79 Å². The molecule has 2 atom stereocenters. The van der Waals surface area contributed by atoms with Gasteiger partial charge in [-0.1, -0.05) is 22.4 Å². The van der Waals surface area contributed by atoms with Crippen molar-refractivity contribution in [3.63, 3.8) is 0 Å². The molecule has 0 spiro atoms. The molecule has 1 aliphatic carbocycles. The maximum absolute atomic E-state index is 12.2. The van der Waals surface area contributed by atoms with Crippen molar-refractivity contribution in [2.45, 2.75) is 25.7 Å². The molecule has 1 aliphatic heterocycles. The number of benzene rings is 1. The predicted molar refractivity (Wildman–Crippen MR) is 82.6 cm³/mol. The minimum Gasteiger partial charge on any atom is -0.493 e. The second-order valence-electron chi connectivity index (χ2n) is 5.74. The third kappa shape index (κ3) is 2.85. The topological polar surface area (TPSA) is 38.3 Å². The first-order chi connectivity index (χ1) is 9.78. The van der Waals surface area contributed by atoms with E-state index < -0.39 is 0 Å². The number of carbonyl (C=O) groups is 1. The molecule has 0 aromatic heterocycles. The Kier molecular flexibility index (Phi) is 4.29. The summed E-state index contributed by atoms with van der Waals surface area (Å²) in [5.41, 5.74) is 1.90. The van der Waals surface area contributed by atoms with E-state index in [-0.39, 0.29) is 5.91 Å². The van der Waals surface area contributed by atoms with Gasteiger partial charge in [-0.15, -0.1) is 0 Å². The summed E-state index contributed by atoms with van der Waals surface area (Å²) >= 11 is 3.58. The van der Waals surface area contributed by atoms with Gasteiger partial charge in [0.1, 0.15) is 5.75 Å². The zero-order chi connectivity index (χ0) is 13.9. The van der Waals surface area contributed by atoms with Crippen molar-refractivity contribution in [2.24, 2.45) is 11.8 Å². The van der Waals surface area contributed by atoms with Crippen molar-refractivity contribution >= 4 is 21.8 Å². The Bertz CT molecular complexity index is 503. The Morgan fingerprint density at radius 3 is 3.05 bits per heavy atom. The molecule has 0 radical (unpaired) electrons. The van der Waals surface area contributed by atoms with E-state index in [9.17, 15) is 4.79 Å². The first kappa shape index (κ1) is 13.9. The van der Waals surface area contributed by atoms with E-state index in [4.69, 9.17) is 4.74 Å². The molecule has 1 amide bonds. The summed E-state index contributed by atoms with van der Waals surface area (Å²) in [5, 5.41) is 4.14. The van der Waals surface area contributed by atoms with Crippen LogP contribution >= 0.6 is 15.9 Å². The van der Waals surface area contributed by atoms with Crippen LogP contribution in [0.5, 0.6) is 5.75 Å². The molecular weight excluding hydrogens is 318 g/mol. The smallest absolute Gasteiger partial charge is 0.251 e. The number of nitrogens with one attached hydrogen (secondary N) is 1. The second-order valence-corrected chi connectivity index (χ2v) is 6.38. The number of halogens is 1. The summed E-state index contributed by atoms with van der Waals surface area (Å²) < 4.78 is 5.47. The number of hydrogen-bond acceptors (Lipinski definition) is 2. The Morgan fingerprint density at radius 2 is 2.20 bits per heavy atom. The van der Waals surface area contributed by atoms with Crippen molar-refractivity contribution in [1.29, 1.82) is 0 Å². The van der Waals surface area contributed by atoms with E-state index in [1.165, 1.54) is 19.3 Å². The van der Waals surface area contributed by atoms with Crippen LogP contribution in [0.2, 0.25) is 0 Å². The Labute approximate surface area is 128 Å². The summed E-state index contributed by atoms with van der Waals surface area (Å²) in [6.45, 7) is 1.53. The zero-order valence-electron chi connectivity index (χ0n) is 11.5. The second kappa shape index (κ2) is 6.17. The van der Waals surface area contributed by atoms with E-state index >= 15 is 0 Å². The van der Waals surface area contributed by atoms with E-state index in [0.29, 0.717) is 11.8 Å². The molecule has 1 aromatic rings. The van der Waals surface area contributed by atoms with Gasteiger partial charge < -0.3 is 10.1 Å². The summed E-state index contributed by atoms with van der Waals surface area (Å²) in [7, 11) is 0. The number of hydrogen-bond donors (Lipinski definition) is 1.